The topological polar surface area (TPSA) is 37.3 Å². The van der Waals surface area contributed by atoms with E-state index < -0.39 is 5.97 Å². The molecule has 1 atom stereocenters. The molecule has 0 aromatic heterocycles. The molecule has 0 aliphatic rings. The van der Waals surface area contributed by atoms with Gasteiger partial charge < -0.3 is 5.11 Å². The zero-order valence-electron chi connectivity index (χ0n) is 8.44. The molecular weight excluding hydrogens is 176 g/mol. The van der Waals surface area contributed by atoms with E-state index in [-0.39, 0.29) is 12.3 Å². The summed E-state index contributed by atoms with van der Waals surface area (Å²) in [7, 11) is 0. The quantitative estimate of drug-likeness (QED) is 0.778. The van der Waals surface area contributed by atoms with Gasteiger partial charge in [0.25, 0.3) is 0 Å². The first-order chi connectivity index (χ1) is 6.68. The van der Waals surface area contributed by atoms with Crippen LogP contribution in [0.15, 0.2) is 30.3 Å². The largest absolute Gasteiger partial charge is 0.481 e. The Morgan fingerprint density at radius 3 is 2.57 bits per heavy atom. The molecule has 2 nitrogen and oxygen atoms in total. The maximum absolute atomic E-state index is 10.4. The van der Waals surface area contributed by atoms with Gasteiger partial charge in [-0.05, 0) is 24.3 Å². The van der Waals surface area contributed by atoms with Crippen molar-refractivity contribution in [3.05, 3.63) is 35.9 Å². The molecule has 1 aromatic rings. The summed E-state index contributed by atoms with van der Waals surface area (Å²) in [6.07, 6.45) is 2.18. The molecule has 0 aliphatic heterocycles. The van der Waals surface area contributed by atoms with Gasteiger partial charge in [0.15, 0.2) is 0 Å². The summed E-state index contributed by atoms with van der Waals surface area (Å²) < 4.78 is 0. The van der Waals surface area contributed by atoms with Gasteiger partial charge in [-0.3, -0.25) is 4.79 Å². The standard InChI is InChI=1S/C12H16O2/c1-10(9-12(13)14)7-8-11-5-3-2-4-6-11/h2-6,10H,7-9H2,1H3,(H,13,14)/t10-/m1/s1. The number of hydrogen-bond acceptors (Lipinski definition) is 1. The Bertz CT molecular complexity index is 280. The van der Waals surface area contributed by atoms with Gasteiger partial charge in [0.05, 0.1) is 0 Å². The van der Waals surface area contributed by atoms with E-state index in [0.717, 1.165) is 12.8 Å². The van der Waals surface area contributed by atoms with Crippen molar-refractivity contribution in [1.29, 1.82) is 0 Å². The molecular formula is C12H16O2. The van der Waals surface area contributed by atoms with Crippen molar-refractivity contribution in [3.8, 4) is 0 Å². The molecule has 0 saturated carbocycles. The predicted octanol–water partition coefficient (Wildman–Crippen LogP) is 2.73. The van der Waals surface area contributed by atoms with Crippen LogP contribution in [-0.4, -0.2) is 11.1 Å². The first-order valence-corrected chi connectivity index (χ1v) is 4.94. The zero-order chi connectivity index (χ0) is 10.4. The normalized spacial score (nSPS) is 12.4. The Balaban J connectivity index is 2.30. The van der Waals surface area contributed by atoms with Gasteiger partial charge in [-0.15, -0.1) is 0 Å². The molecule has 0 saturated heterocycles. The highest BCUT2D eigenvalue weighted by atomic mass is 16.4. The van der Waals surface area contributed by atoms with Crippen molar-refractivity contribution in [2.24, 2.45) is 5.92 Å². The average molecular weight is 192 g/mol. The summed E-state index contributed by atoms with van der Waals surface area (Å²) in [4.78, 5) is 10.4. The summed E-state index contributed by atoms with van der Waals surface area (Å²) >= 11 is 0. The second-order valence-corrected chi connectivity index (χ2v) is 3.73. The van der Waals surface area contributed by atoms with Crippen LogP contribution in [0.25, 0.3) is 0 Å². The van der Waals surface area contributed by atoms with Crippen LogP contribution in [0.2, 0.25) is 0 Å². The van der Waals surface area contributed by atoms with E-state index in [1.807, 2.05) is 25.1 Å². The van der Waals surface area contributed by atoms with Crippen molar-refractivity contribution in [3.63, 3.8) is 0 Å². The molecule has 0 fully saturated rings. The second kappa shape index (κ2) is 5.43. The molecule has 0 unspecified atom stereocenters. The molecule has 14 heavy (non-hydrogen) atoms. The fourth-order valence-electron chi connectivity index (χ4n) is 1.46. The van der Waals surface area contributed by atoms with E-state index in [0.29, 0.717) is 0 Å². The highest BCUT2D eigenvalue weighted by Crippen LogP contribution is 2.12. The van der Waals surface area contributed by atoms with Crippen LogP contribution in [0, 0.1) is 5.92 Å². The van der Waals surface area contributed by atoms with Gasteiger partial charge in [-0.25, -0.2) is 0 Å². The van der Waals surface area contributed by atoms with Crippen LogP contribution in [0.5, 0.6) is 0 Å². The third-order valence-corrected chi connectivity index (χ3v) is 2.29. The highest BCUT2D eigenvalue weighted by Gasteiger charge is 2.07. The Labute approximate surface area is 84.6 Å². The molecule has 0 radical (unpaired) electrons. The van der Waals surface area contributed by atoms with Crippen molar-refractivity contribution in [2.75, 3.05) is 0 Å². The molecule has 0 aliphatic carbocycles. The summed E-state index contributed by atoms with van der Waals surface area (Å²) in [5.41, 5.74) is 1.28. The number of rotatable bonds is 5. The SMILES string of the molecule is C[C@H](CCc1ccccc1)CC(=O)O. The van der Waals surface area contributed by atoms with Gasteiger partial charge in [-0.1, -0.05) is 37.3 Å². The smallest absolute Gasteiger partial charge is 0.303 e. The fraction of sp³-hybridized carbons (Fsp3) is 0.417. The number of carboxylic acids is 1. The van der Waals surface area contributed by atoms with Crippen LogP contribution >= 0.6 is 0 Å². The van der Waals surface area contributed by atoms with E-state index in [4.69, 9.17) is 5.11 Å². The lowest BCUT2D eigenvalue weighted by atomic mass is 9.98. The Kier molecular flexibility index (Phi) is 4.17. The summed E-state index contributed by atoms with van der Waals surface area (Å²) in [5, 5.41) is 8.58. The van der Waals surface area contributed by atoms with Crippen molar-refractivity contribution in [1.82, 2.24) is 0 Å². The van der Waals surface area contributed by atoms with Crippen LogP contribution in [0.3, 0.4) is 0 Å². The van der Waals surface area contributed by atoms with Gasteiger partial charge >= 0.3 is 5.97 Å². The van der Waals surface area contributed by atoms with Gasteiger partial charge in [-0.2, -0.15) is 0 Å². The minimum atomic E-state index is -0.703. The lowest BCUT2D eigenvalue weighted by Gasteiger charge is -2.07. The molecule has 0 heterocycles. The third kappa shape index (κ3) is 4.08. The zero-order valence-corrected chi connectivity index (χ0v) is 8.44. The molecule has 1 aromatic carbocycles. The lowest BCUT2D eigenvalue weighted by Crippen LogP contribution is -2.05. The predicted molar refractivity (Wildman–Crippen MR) is 56.2 cm³/mol. The molecule has 0 amide bonds. The number of benzene rings is 1. The van der Waals surface area contributed by atoms with Crippen molar-refractivity contribution < 1.29 is 9.90 Å². The highest BCUT2D eigenvalue weighted by molar-refractivity contribution is 5.66. The molecule has 2 heteroatoms. The maximum atomic E-state index is 10.4. The summed E-state index contributed by atoms with van der Waals surface area (Å²) in [6.45, 7) is 1.98. The first-order valence-electron chi connectivity index (χ1n) is 4.94. The van der Waals surface area contributed by atoms with E-state index >= 15 is 0 Å². The van der Waals surface area contributed by atoms with Gasteiger partial charge in [0, 0.05) is 6.42 Å². The van der Waals surface area contributed by atoms with E-state index in [9.17, 15) is 4.79 Å². The van der Waals surface area contributed by atoms with Crippen LogP contribution in [0.4, 0.5) is 0 Å². The molecule has 1 rings (SSSR count). The first kappa shape index (κ1) is 10.8. The Morgan fingerprint density at radius 1 is 1.36 bits per heavy atom. The number of hydrogen-bond donors (Lipinski definition) is 1. The van der Waals surface area contributed by atoms with Crippen LogP contribution < -0.4 is 0 Å². The summed E-state index contributed by atoms with van der Waals surface area (Å²) in [5.74, 6) is -0.446. The average Bonchev–Trinajstić information content (AvgIpc) is 2.15. The third-order valence-electron chi connectivity index (χ3n) is 2.29. The monoisotopic (exact) mass is 192 g/mol. The molecule has 76 valence electrons. The molecule has 0 bridgehead atoms. The van der Waals surface area contributed by atoms with Crippen molar-refractivity contribution in [2.45, 2.75) is 26.2 Å². The number of aryl methyl sites for hydroxylation is 1. The van der Waals surface area contributed by atoms with Crippen LogP contribution in [-0.2, 0) is 11.2 Å². The van der Waals surface area contributed by atoms with Gasteiger partial charge in [0.2, 0.25) is 0 Å². The Hall–Kier alpha value is -1.31. The number of carbonyl (C=O) groups is 1. The Morgan fingerprint density at radius 2 is 2.00 bits per heavy atom. The number of carboxylic acid groups (broad SMARTS) is 1. The van der Waals surface area contributed by atoms with Crippen LogP contribution in [0.1, 0.15) is 25.3 Å². The minimum Gasteiger partial charge on any atom is -0.481 e. The van der Waals surface area contributed by atoms with Gasteiger partial charge in [0.1, 0.15) is 0 Å². The van der Waals surface area contributed by atoms with E-state index in [1.54, 1.807) is 0 Å². The number of aliphatic carboxylic acids is 1. The molecule has 0 spiro atoms. The minimum absolute atomic E-state index is 0.257. The summed E-state index contributed by atoms with van der Waals surface area (Å²) in [6, 6.07) is 10.2. The van der Waals surface area contributed by atoms with Crippen molar-refractivity contribution >= 4 is 5.97 Å². The fourth-order valence-corrected chi connectivity index (χ4v) is 1.46. The van der Waals surface area contributed by atoms with E-state index in [2.05, 4.69) is 12.1 Å². The second-order valence-electron chi connectivity index (χ2n) is 3.73. The molecule has 1 N–H and O–H groups in total. The van der Waals surface area contributed by atoms with E-state index in [1.165, 1.54) is 5.56 Å². The maximum Gasteiger partial charge on any atom is 0.303 e. The lowest BCUT2D eigenvalue weighted by molar-refractivity contribution is -0.138.